The van der Waals surface area contributed by atoms with Crippen LogP contribution in [-0.4, -0.2) is 11.0 Å². The van der Waals surface area contributed by atoms with Crippen LogP contribution in [-0.2, 0) is 6.54 Å². The lowest BCUT2D eigenvalue weighted by Gasteiger charge is -2.26. The number of nitro groups is 1. The summed E-state index contributed by atoms with van der Waals surface area (Å²) in [6.45, 7) is 3.25. The average Bonchev–Trinajstić information content (AvgIpc) is 2.38. The first-order chi connectivity index (χ1) is 8.66. The minimum absolute atomic E-state index is 0.171. The molecule has 2 atom stereocenters. The van der Waals surface area contributed by atoms with Gasteiger partial charge in [0.15, 0.2) is 0 Å². The molecule has 0 aliphatic heterocycles. The van der Waals surface area contributed by atoms with E-state index in [1.54, 1.807) is 12.1 Å². The summed E-state index contributed by atoms with van der Waals surface area (Å²) >= 11 is 0. The van der Waals surface area contributed by atoms with Gasteiger partial charge in [0, 0.05) is 23.6 Å². The minimum atomic E-state index is -0.350. The van der Waals surface area contributed by atoms with Gasteiger partial charge in [0.2, 0.25) is 0 Å². The van der Waals surface area contributed by atoms with E-state index in [1.807, 2.05) is 12.1 Å². The average molecular weight is 249 g/mol. The molecule has 0 bridgehead atoms. The molecule has 0 radical (unpaired) electrons. The maximum atomic E-state index is 10.6. The minimum Gasteiger partial charge on any atom is -0.340 e. The number of nitrogens with two attached hydrogens (primary N) is 1. The van der Waals surface area contributed by atoms with Gasteiger partial charge in [-0.3, -0.25) is 10.1 Å². The summed E-state index contributed by atoms with van der Waals surface area (Å²) in [4.78, 5) is 10.2. The molecule has 1 saturated carbocycles. The Bertz CT molecular complexity index is 403. The SMILES string of the molecule is C[C@@H]1CCCC[C@H]1[NH2+]Cc1ccc([N+](=O)[O-])cc1. The number of hydrogen-bond acceptors (Lipinski definition) is 2. The Morgan fingerprint density at radius 2 is 1.94 bits per heavy atom. The lowest BCUT2D eigenvalue weighted by Crippen LogP contribution is -2.90. The van der Waals surface area contributed by atoms with Crippen LogP contribution in [0.4, 0.5) is 5.69 Å². The third kappa shape index (κ3) is 3.29. The molecule has 1 fully saturated rings. The number of nitrogens with zero attached hydrogens (tertiary/aromatic N) is 1. The predicted molar refractivity (Wildman–Crippen MR) is 70.1 cm³/mol. The fourth-order valence-electron chi connectivity index (χ4n) is 2.74. The summed E-state index contributed by atoms with van der Waals surface area (Å²) in [5, 5.41) is 13.0. The van der Waals surface area contributed by atoms with Crippen LogP contribution in [0.15, 0.2) is 24.3 Å². The smallest absolute Gasteiger partial charge is 0.269 e. The van der Waals surface area contributed by atoms with Gasteiger partial charge in [-0.05, 0) is 31.4 Å². The highest BCUT2D eigenvalue weighted by molar-refractivity contribution is 5.32. The zero-order chi connectivity index (χ0) is 13.0. The first kappa shape index (κ1) is 13.0. The molecule has 0 unspecified atom stereocenters. The molecule has 0 heterocycles. The van der Waals surface area contributed by atoms with Crippen molar-refractivity contribution >= 4 is 5.69 Å². The van der Waals surface area contributed by atoms with E-state index in [4.69, 9.17) is 0 Å². The topological polar surface area (TPSA) is 59.8 Å². The number of quaternary nitrogens is 1. The van der Waals surface area contributed by atoms with Gasteiger partial charge in [-0.25, -0.2) is 0 Å². The van der Waals surface area contributed by atoms with Gasteiger partial charge in [-0.15, -0.1) is 0 Å². The molecule has 1 aromatic carbocycles. The standard InChI is InChI=1S/C14H20N2O2/c1-11-4-2-3-5-14(11)15-10-12-6-8-13(9-7-12)16(17)18/h6-9,11,14-15H,2-5,10H2,1H3/p+1/t11-,14-/m1/s1. The second-order valence-corrected chi connectivity index (χ2v) is 5.29. The highest BCUT2D eigenvalue weighted by Gasteiger charge is 2.23. The molecule has 1 aromatic rings. The van der Waals surface area contributed by atoms with Crippen molar-refractivity contribution in [2.75, 3.05) is 0 Å². The first-order valence-electron chi connectivity index (χ1n) is 6.73. The molecule has 2 N–H and O–H groups in total. The van der Waals surface area contributed by atoms with Crippen LogP contribution >= 0.6 is 0 Å². The van der Waals surface area contributed by atoms with Crippen molar-refractivity contribution in [2.24, 2.45) is 5.92 Å². The van der Waals surface area contributed by atoms with E-state index in [-0.39, 0.29) is 10.6 Å². The number of nitro benzene ring substituents is 1. The van der Waals surface area contributed by atoms with Crippen LogP contribution in [0.3, 0.4) is 0 Å². The number of non-ortho nitro benzene ring substituents is 1. The van der Waals surface area contributed by atoms with E-state index in [0.29, 0.717) is 6.04 Å². The van der Waals surface area contributed by atoms with Gasteiger partial charge in [-0.1, -0.05) is 13.3 Å². The van der Waals surface area contributed by atoms with Crippen molar-refractivity contribution in [2.45, 2.75) is 45.2 Å². The molecule has 0 aromatic heterocycles. The second kappa shape index (κ2) is 5.96. The highest BCUT2D eigenvalue weighted by atomic mass is 16.6. The van der Waals surface area contributed by atoms with Crippen LogP contribution < -0.4 is 5.32 Å². The van der Waals surface area contributed by atoms with Crippen molar-refractivity contribution in [3.63, 3.8) is 0 Å². The van der Waals surface area contributed by atoms with E-state index < -0.39 is 0 Å². The van der Waals surface area contributed by atoms with E-state index in [1.165, 1.54) is 31.2 Å². The van der Waals surface area contributed by atoms with Gasteiger partial charge >= 0.3 is 0 Å². The van der Waals surface area contributed by atoms with Crippen molar-refractivity contribution in [1.29, 1.82) is 0 Å². The van der Waals surface area contributed by atoms with Gasteiger partial charge in [0.05, 0.1) is 11.0 Å². The Hall–Kier alpha value is -1.42. The summed E-state index contributed by atoms with van der Waals surface area (Å²) in [6.07, 6.45) is 5.34. The molecule has 2 rings (SSSR count). The maximum absolute atomic E-state index is 10.6. The second-order valence-electron chi connectivity index (χ2n) is 5.29. The molecular weight excluding hydrogens is 228 g/mol. The van der Waals surface area contributed by atoms with Gasteiger partial charge < -0.3 is 5.32 Å². The Morgan fingerprint density at radius 1 is 1.28 bits per heavy atom. The number of rotatable bonds is 4. The lowest BCUT2D eigenvalue weighted by molar-refractivity contribution is -0.712. The van der Waals surface area contributed by atoms with Crippen LogP contribution in [0.25, 0.3) is 0 Å². The van der Waals surface area contributed by atoms with Crippen molar-refractivity contribution in [3.8, 4) is 0 Å². The van der Waals surface area contributed by atoms with Gasteiger partial charge in [0.1, 0.15) is 6.54 Å². The third-order valence-corrected chi connectivity index (χ3v) is 3.98. The monoisotopic (exact) mass is 249 g/mol. The molecule has 1 aliphatic rings. The third-order valence-electron chi connectivity index (χ3n) is 3.98. The predicted octanol–water partition coefficient (Wildman–Crippen LogP) is 2.24. The molecule has 98 valence electrons. The molecular formula is C14H21N2O2+. The van der Waals surface area contributed by atoms with Gasteiger partial charge in [0.25, 0.3) is 5.69 Å². The quantitative estimate of drug-likeness (QED) is 0.657. The molecule has 0 amide bonds. The number of hydrogen-bond donors (Lipinski definition) is 1. The van der Waals surface area contributed by atoms with Crippen LogP contribution in [0.5, 0.6) is 0 Å². The molecule has 1 aliphatic carbocycles. The van der Waals surface area contributed by atoms with Crippen LogP contribution in [0.1, 0.15) is 38.2 Å². The van der Waals surface area contributed by atoms with E-state index in [2.05, 4.69) is 12.2 Å². The molecule has 0 saturated heterocycles. The van der Waals surface area contributed by atoms with Crippen molar-refractivity contribution < 1.29 is 10.2 Å². The zero-order valence-electron chi connectivity index (χ0n) is 10.8. The molecule has 18 heavy (non-hydrogen) atoms. The fraction of sp³-hybridized carbons (Fsp3) is 0.571. The maximum Gasteiger partial charge on any atom is 0.269 e. The van der Waals surface area contributed by atoms with Crippen molar-refractivity contribution in [3.05, 3.63) is 39.9 Å². The zero-order valence-corrected chi connectivity index (χ0v) is 10.8. The Balaban J connectivity index is 1.87. The Morgan fingerprint density at radius 3 is 2.56 bits per heavy atom. The lowest BCUT2D eigenvalue weighted by atomic mass is 9.86. The summed E-state index contributed by atoms with van der Waals surface area (Å²) in [5.74, 6) is 0.789. The van der Waals surface area contributed by atoms with E-state index in [0.717, 1.165) is 12.5 Å². The van der Waals surface area contributed by atoms with Gasteiger partial charge in [-0.2, -0.15) is 0 Å². The van der Waals surface area contributed by atoms with Crippen LogP contribution in [0, 0.1) is 16.0 Å². The number of benzene rings is 1. The van der Waals surface area contributed by atoms with E-state index in [9.17, 15) is 10.1 Å². The van der Waals surface area contributed by atoms with Crippen LogP contribution in [0.2, 0.25) is 0 Å². The molecule has 0 spiro atoms. The highest BCUT2D eigenvalue weighted by Crippen LogP contribution is 2.21. The largest absolute Gasteiger partial charge is 0.340 e. The van der Waals surface area contributed by atoms with Crippen molar-refractivity contribution in [1.82, 2.24) is 0 Å². The molecule has 4 heteroatoms. The first-order valence-corrected chi connectivity index (χ1v) is 6.73. The Kier molecular flexibility index (Phi) is 4.31. The normalized spacial score (nSPS) is 23.8. The summed E-state index contributed by atoms with van der Waals surface area (Å²) in [7, 11) is 0. The molecule has 4 nitrogen and oxygen atoms in total. The summed E-state index contributed by atoms with van der Waals surface area (Å²) in [6, 6.07) is 7.62. The Labute approximate surface area is 108 Å². The summed E-state index contributed by atoms with van der Waals surface area (Å²) in [5.41, 5.74) is 1.34. The van der Waals surface area contributed by atoms with E-state index >= 15 is 0 Å². The fourth-order valence-corrected chi connectivity index (χ4v) is 2.74. The summed E-state index contributed by atoms with van der Waals surface area (Å²) < 4.78 is 0.